The summed E-state index contributed by atoms with van der Waals surface area (Å²) in [5.74, 6) is -0.583. The molecule has 168 valence electrons. The van der Waals surface area contributed by atoms with Crippen molar-refractivity contribution >= 4 is 16.7 Å². The van der Waals surface area contributed by atoms with Crippen LogP contribution in [-0.2, 0) is 0 Å². The number of aromatic nitrogens is 3. The smallest absolute Gasteiger partial charge is 0.255 e. The third-order valence-corrected chi connectivity index (χ3v) is 6.80. The number of fused-ring (bicyclic) bond motifs is 1. The van der Waals surface area contributed by atoms with Crippen molar-refractivity contribution in [3.05, 3.63) is 42.7 Å². The first kappa shape index (κ1) is 21.0. The lowest BCUT2D eigenvalue weighted by Gasteiger charge is -2.39. The Bertz CT molecular complexity index is 1090. The molecule has 0 bridgehead atoms. The zero-order chi connectivity index (χ0) is 22.1. The van der Waals surface area contributed by atoms with Gasteiger partial charge in [-0.3, -0.25) is 0 Å². The maximum Gasteiger partial charge on any atom is 0.255 e. The summed E-state index contributed by atoms with van der Waals surface area (Å²) >= 11 is 0. The number of alkyl halides is 1. The van der Waals surface area contributed by atoms with E-state index in [0.29, 0.717) is 30.5 Å². The van der Waals surface area contributed by atoms with Crippen molar-refractivity contribution < 1.29 is 13.9 Å². The van der Waals surface area contributed by atoms with Gasteiger partial charge >= 0.3 is 0 Å². The first-order valence-electron chi connectivity index (χ1n) is 11.3. The lowest BCUT2D eigenvalue weighted by atomic mass is 9.89. The van der Waals surface area contributed by atoms with E-state index in [2.05, 4.69) is 25.2 Å². The highest BCUT2D eigenvalue weighted by Gasteiger charge is 2.29. The Balaban J connectivity index is 1.30. The normalized spacial score (nSPS) is 22.8. The first-order valence-corrected chi connectivity index (χ1v) is 11.3. The van der Waals surface area contributed by atoms with Gasteiger partial charge in [0.1, 0.15) is 18.3 Å². The molecule has 0 atom stereocenters. The van der Waals surface area contributed by atoms with Crippen LogP contribution in [0.5, 0.6) is 5.75 Å². The first-order chi connectivity index (χ1) is 15.6. The van der Waals surface area contributed by atoms with Crippen molar-refractivity contribution in [3.8, 4) is 16.9 Å². The molecule has 5 rings (SSSR count). The summed E-state index contributed by atoms with van der Waals surface area (Å²) in [5.41, 5.74) is 2.24. The van der Waals surface area contributed by atoms with Crippen LogP contribution in [-0.4, -0.2) is 56.3 Å². The van der Waals surface area contributed by atoms with E-state index < -0.39 is 17.9 Å². The van der Waals surface area contributed by atoms with Crippen LogP contribution < -0.4 is 5.32 Å². The molecule has 1 aromatic carbocycles. The summed E-state index contributed by atoms with van der Waals surface area (Å²) in [5, 5.41) is 14.2. The Labute approximate surface area is 185 Å². The quantitative estimate of drug-likeness (QED) is 0.575. The fourth-order valence-electron chi connectivity index (χ4n) is 4.96. The average Bonchev–Trinajstić information content (AvgIpc) is 2.82. The molecule has 3 aromatic rings. The summed E-state index contributed by atoms with van der Waals surface area (Å²) in [6.07, 6.45) is 7.94. The molecule has 3 heterocycles. The number of rotatable bonds is 4. The van der Waals surface area contributed by atoms with Crippen LogP contribution in [0.25, 0.3) is 22.0 Å². The summed E-state index contributed by atoms with van der Waals surface area (Å²) in [4.78, 5) is 14.9. The largest absolute Gasteiger partial charge is 0.504 e. The van der Waals surface area contributed by atoms with Gasteiger partial charge < -0.3 is 15.3 Å². The molecule has 0 amide bonds. The summed E-state index contributed by atoms with van der Waals surface area (Å²) < 4.78 is 26.8. The Kier molecular flexibility index (Phi) is 5.87. The number of aromatic hydroxyl groups is 1. The van der Waals surface area contributed by atoms with Crippen LogP contribution in [0.3, 0.4) is 0 Å². The molecule has 2 N–H and O–H groups in total. The number of halogens is 2. The van der Waals surface area contributed by atoms with Crippen LogP contribution in [0.2, 0.25) is 0 Å². The predicted molar refractivity (Wildman–Crippen MR) is 120 cm³/mol. The third-order valence-electron chi connectivity index (χ3n) is 6.80. The van der Waals surface area contributed by atoms with E-state index >= 15 is 0 Å². The summed E-state index contributed by atoms with van der Waals surface area (Å²) in [7, 11) is 0. The van der Waals surface area contributed by atoms with Crippen molar-refractivity contribution in [2.45, 2.75) is 56.8 Å². The number of benzene rings is 1. The third kappa shape index (κ3) is 4.37. The van der Waals surface area contributed by atoms with Crippen LogP contribution in [0, 0.1) is 5.95 Å². The predicted octanol–water partition coefficient (Wildman–Crippen LogP) is 4.69. The topological polar surface area (TPSA) is 74.2 Å². The van der Waals surface area contributed by atoms with Gasteiger partial charge in [-0.1, -0.05) is 6.07 Å². The number of likely N-dealkylation sites (tertiary alicyclic amines) is 1. The number of hydrogen-bond acceptors (Lipinski definition) is 6. The Morgan fingerprint density at radius 2 is 1.72 bits per heavy atom. The number of piperidine rings is 1. The Morgan fingerprint density at radius 1 is 0.938 bits per heavy atom. The van der Waals surface area contributed by atoms with Gasteiger partial charge in [0.15, 0.2) is 5.75 Å². The Morgan fingerprint density at radius 3 is 2.47 bits per heavy atom. The molecule has 1 aliphatic carbocycles. The molecule has 1 aliphatic heterocycles. The second kappa shape index (κ2) is 8.94. The minimum atomic E-state index is -0.884. The standard InChI is InChI=1S/C24H27F2N5O/c25-17-7-9-31(10-8-17)19-4-2-18(3-5-19)30-24-20-11-15(1-6-21(20)28-14-29-24)16-12-22(32)23(26)27-13-16/h1,6,11-14,17-19,32H,2-5,7-10H2,(H,28,29,30)/t18-,19-. The number of pyridine rings is 1. The molecule has 6 nitrogen and oxygen atoms in total. The fourth-order valence-corrected chi connectivity index (χ4v) is 4.96. The van der Waals surface area contributed by atoms with Crippen molar-refractivity contribution in [2.75, 3.05) is 18.4 Å². The molecule has 32 heavy (non-hydrogen) atoms. The molecule has 8 heteroatoms. The van der Waals surface area contributed by atoms with Gasteiger partial charge in [0.2, 0.25) is 0 Å². The van der Waals surface area contributed by atoms with Crippen molar-refractivity contribution in [1.29, 1.82) is 0 Å². The van der Waals surface area contributed by atoms with E-state index in [4.69, 9.17) is 0 Å². The van der Waals surface area contributed by atoms with Crippen molar-refractivity contribution in [3.63, 3.8) is 0 Å². The molecule has 0 spiro atoms. The molecule has 2 fully saturated rings. The molecular weight excluding hydrogens is 412 g/mol. The minimum absolute atomic E-state index is 0.322. The fraction of sp³-hybridized carbons (Fsp3) is 0.458. The van der Waals surface area contributed by atoms with E-state index in [0.717, 1.165) is 61.1 Å². The van der Waals surface area contributed by atoms with Gasteiger partial charge in [-0.2, -0.15) is 4.39 Å². The molecule has 1 saturated heterocycles. The van der Waals surface area contributed by atoms with Gasteiger partial charge in [0, 0.05) is 42.3 Å². The zero-order valence-electron chi connectivity index (χ0n) is 17.8. The average molecular weight is 440 g/mol. The highest BCUT2D eigenvalue weighted by molar-refractivity contribution is 5.92. The highest BCUT2D eigenvalue weighted by atomic mass is 19.1. The van der Waals surface area contributed by atoms with Gasteiger partial charge in [0.05, 0.1) is 5.52 Å². The van der Waals surface area contributed by atoms with Gasteiger partial charge in [-0.15, -0.1) is 0 Å². The van der Waals surface area contributed by atoms with Crippen LogP contribution in [0.15, 0.2) is 36.8 Å². The van der Waals surface area contributed by atoms with Crippen molar-refractivity contribution in [1.82, 2.24) is 19.9 Å². The SMILES string of the molecule is Oc1cc(-c2ccc3ncnc(N[C@H]4CC[C@H](N5CCC(F)CC5)CC4)c3c2)cnc1F. The van der Waals surface area contributed by atoms with E-state index in [1.807, 2.05) is 18.2 Å². The molecule has 0 radical (unpaired) electrons. The second-order valence-electron chi connectivity index (χ2n) is 8.85. The van der Waals surface area contributed by atoms with Gasteiger partial charge in [-0.25, -0.2) is 19.3 Å². The lowest BCUT2D eigenvalue weighted by Crippen LogP contribution is -2.45. The summed E-state index contributed by atoms with van der Waals surface area (Å²) in [6.45, 7) is 1.74. The van der Waals surface area contributed by atoms with Gasteiger partial charge in [-0.05, 0) is 62.3 Å². The molecule has 1 saturated carbocycles. The maximum absolute atomic E-state index is 13.4. The monoisotopic (exact) mass is 439 g/mol. The molecule has 2 aliphatic rings. The molecule has 2 aromatic heterocycles. The van der Waals surface area contributed by atoms with Crippen molar-refractivity contribution in [2.24, 2.45) is 0 Å². The number of hydrogen-bond donors (Lipinski definition) is 2. The van der Waals surface area contributed by atoms with Gasteiger partial charge in [0.25, 0.3) is 5.95 Å². The second-order valence-corrected chi connectivity index (χ2v) is 8.85. The zero-order valence-corrected chi connectivity index (χ0v) is 17.8. The number of anilines is 1. The maximum atomic E-state index is 13.4. The van der Waals surface area contributed by atoms with E-state index in [9.17, 15) is 13.9 Å². The molecular formula is C24H27F2N5O. The molecule has 0 unspecified atom stereocenters. The number of nitrogens with one attached hydrogen (secondary N) is 1. The Hall–Kier alpha value is -2.87. The summed E-state index contributed by atoms with van der Waals surface area (Å²) in [6, 6.07) is 7.95. The van der Waals surface area contributed by atoms with E-state index in [1.54, 1.807) is 6.33 Å². The van der Waals surface area contributed by atoms with Crippen LogP contribution in [0.4, 0.5) is 14.6 Å². The van der Waals surface area contributed by atoms with Crippen LogP contribution in [0.1, 0.15) is 38.5 Å². The van der Waals surface area contributed by atoms with E-state index in [1.165, 1.54) is 12.3 Å². The van der Waals surface area contributed by atoms with E-state index in [-0.39, 0.29) is 0 Å². The number of nitrogens with zero attached hydrogens (tertiary/aromatic N) is 4. The highest BCUT2D eigenvalue weighted by Crippen LogP contribution is 2.32. The lowest BCUT2D eigenvalue weighted by molar-refractivity contribution is 0.0895. The minimum Gasteiger partial charge on any atom is -0.504 e. The van der Waals surface area contributed by atoms with Crippen LogP contribution >= 0.6 is 0 Å².